The summed E-state index contributed by atoms with van der Waals surface area (Å²) in [6, 6.07) is 13.2. The lowest BCUT2D eigenvalue weighted by atomic mass is 9.99. The van der Waals surface area contributed by atoms with Crippen LogP contribution < -0.4 is 15.9 Å². The van der Waals surface area contributed by atoms with Crippen LogP contribution >= 0.6 is 0 Å². The predicted molar refractivity (Wildman–Crippen MR) is 168 cm³/mol. The number of hydrogen-bond acceptors (Lipinski definition) is 7. The Bertz CT molecular complexity index is 1610. The molecule has 2 unspecified atom stereocenters. The van der Waals surface area contributed by atoms with Gasteiger partial charge in [0.2, 0.25) is 10.0 Å². The Morgan fingerprint density at radius 1 is 0.870 bits per heavy atom. The monoisotopic (exact) mass is 659 g/mol. The van der Waals surface area contributed by atoms with Crippen LogP contribution in [0.4, 0.5) is 8.78 Å². The van der Waals surface area contributed by atoms with Crippen molar-refractivity contribution in [3.05, 3.63) is 101 Å². The van der Waals surface area contributed by atoms with Crippen molar-refractivity contribution in [2.45, 2.75) is 50.2 Å². The molecule has 3 aromatic carbocycles. The van der Waals surface area contributed by atoms with Crippen molar-refractivity contribution >= 4 is 27.7 Å². The third-order valence-corrected chi connectivity index (χ3v) is 7.86. The molecule has 0 saturated carbocycles. The molecule has 248 valence electrons. The maximum atomic E-state index is 14.0. The summed E-state index contributed by atoms with van der Waals surface area (Å²) in [6.45, 7) is 4.35. The van der Waals surface area contributed by atoms with Crippen LogP contribution in [0, 0.1) is 11.6 Å². The molecule has 0 aliphatic carbocycles. The van der Waals surface area contributed by atoms with Crippen LogP contribution in [-0.2, 0) is 16.4 Å². The Kier molecular flexibility index (Phi) is 12.9. The minimum absolute atomic E-state index is 0.0776. The zero-order valence-electron chi connectivity index (χ0n) is 25.9. The molecule has 5 N–H and O–H groups in total. The Balaban J connectivity index is 1.93. The van der Waals surface area contributed by atoms with Crippen molar-refractivity contribution in [3.8, 4) is 0 Å². The highest BCUT2D eigenvalue weighted by Gasteiger charge is 2.27. The number of rotatable bonds is 15. The maximum absolute atomic E-state index is 14.0. The highest BCUT2D eigenvalue weighted by Crippen LogP contribution is 2.19. The van der Waals surface area contributed by atoms with E-state index < -0.39 is 56.4 Å². The van der Waals surface area contributed by atoms with E-state index in [1.807, 2.05) is 13.8 Å². The zero-order valence-corrected chi connectivity index (χ0v) is 26.7. The number of likely N-dealkylation sites (N-methyl/N-ethyl adjacent to an activating group) is 1. The Hall–Kier alpha value is -4.24. The number of nitrogens with zero attached hydrogens (tertiary/aromatic N) is 2. The summed E-state index contributed by atoms with van der Waals surface area (Å²) >= 11 is 0. The molecule has 2 atom stereocenters. The fraction of sp³-hybridized carbons (Fsp3) is 0.344. The number of carbonyl (C=O) groups excluding carboxylic acids is 3. The molecule has 3 rings (SSSR count). The van der Waals surface area contributed by atoms with Crippen LogP contribution in [-0.4, -0.2) is 80.0 Å². The Morgan fingerprint density at radius 3 is 2.02 bits per heavy atom. The summed E-state index contributed by atoms with van der Waals surface area (Å²) in [7, 11) is -2.87. The first-order valence-corrected chi connectivity index (χ1v) is 16.2. The summed E-state index contributed by atoms with van der Waals surface area (Å²) in [5.41, 5.74) is 2.76. The average Bonchev–Trinajstić information content (AvgIpc) is 2.99. The number of nitrogens with one attached hydrogen (secondary N) is 2. The van der Waals surface area contributed by atoms with Gasteiger partial charge in [-0.25, -0.2) is 27.3 Å². The number of hydrazine groups is 1. The van der Waals surface area contributed by atoms with E-state index in [1.54, 1.807) is 30.3 Å². The van der Waals surface area contributed by atoms with Crippen LogP contribution in [0.5, 0.6) is 0 Å². The van der Waals surface area contributed by atoms with E-state index in [9.17, 15) is 36.7 Å². The SMILES string of the molecule is CCCN(CCC)C(=O)c1cc(C(=O)NC(Cc2cc(F)cc(F)c2)C(O)CN(C)NC(=O)c2ccccc2)cc(S(N)(=O)=O)c1. The van der Waals surface area contributed by atoms with Gasteiger partial charge in [0.1, 0.15) is 11.6 Å². The summed E-state index contributed by atoms with van der Waals surface area (Å²) in [4.78, 5) is 40.6. The summed E-state index contributed by atoms with van der Waals surface area (Å²) in [5.74, 6) is -3.57. The summed E-state index contributed by atoms with van der Waals surface area (Å²) < 4.78 is 52.7. The van der Waals surface area contributed by atoms with Crippen molar-refractivity contribution < 1.29 is 36.7 Å². The number of amides is 3. The van der Waals surface area contributed by atoms with Crippen LogP contribution in [0.15, 0.2) is 71.6 Å². The van der Waals surface area contributed by atoms with Gasteiger partial charge in [0.15, 0.2) is 0 Å². The molecule has 0 aromatic heterocycles. The molecule has 3 aromatic rings. The van der Waals surface area contributed by atoms with Gasteiger partial charge < -0.3 is 15.3 Å². The predicted octanol–water partition coefficient (Wildman–Crippen LogP) is 2.85. The molecule has 11 nitrogen and oxygen atoms in total. The average molecular weight is 660 g/mol. The van der Waals surface area contributed by atoms with Gasteiger partial charge in [-0.15, -0.1) is 0 Å². The molecule has 0 aliphatic heterocycles. The smallest absolute Gasteiger partial charge is 0.265 e. The third-order valence-electron chi connectivity index (χ3n) is 6.97. The van der Waals surface area contributed by atoms with Gasteiger partial charge in [0.05, 0.1) is 17.0 Å². The van der Waals surface area contributed by atoms with E-state index in [0.717, 1.165) is 24.3 Å². The van der Waals surface area contributed by atoms with E-state index in [-0.39, 0.29) is 29.7 Å². The topological polar surface area (TPSA) is 162 Å². The van der Waals surface area contributed by atoms with E-state index >= 15 is 0 Å². The molecule has 0 spiro atoms. The maximum Gasteiger partial charge on any atom is 0.265 e. The highest BCUT2D eigenvalue weighted by atomic mass is 32.2. The number of halogens is 2. The van der Waals surface area contributed by atoms with Crippen molar-refractivity contribution in [2.24, 2.45) is 5.14 Å². The second kappa shape index (κ2) is 16.4. The van der Waals surface area contributed by atoms with Gasteiger partial charge >= 0.3 is 0 Å². The number of sulfonamides is 1. The van der Waals surface area contributed by atoms with Crippen molar-refractivity contribution in [2.75, 3.05) is 26.7 Å². The molecule has 0 fully saturated rings. The molecule has 0 aliphatic rings. The number of benzene rings is 3. The van der Waals surface area contributed by atoms with Gasteiger partial charge in [0, 0.05) is 49.4 Å². The molecule has 3 amide bonds. The van der Waals surface area contributed by atoms with Crippen LogP contribution in [0.3, 0.4) is 0 Å². The van der Waals surface area contributed by atoms with Crippen molar-refractivity contribution in [1.82, 2.24) is 20.7 Å². The largest absolute Gasteiger partial charge is 0.390 e. The van der Waals surface area contributed by atoms with Gasteiger partial charge in [0.25, 0.3) is 17.7 Å². The molecular weight excluding hydrogens is 620 g/mol. The lowest BCUT2D eigenvalue weighted by Crippen LogP contribution is -2.52. The normalized spacial score (nSPS) is 12.8. The lowest BCUT2D eigenvalue weighted by Gasteiger charge is -2.28. The van der Waals surface area contributed by atoms with Crippen LogP contribution in [0.1, 0.15) is 63.3 Å². The Morgan fingerprint density at radius 2 is 1.46 bits per heavy atom. The number of primary sulfonamides is 1. The molecule has 0 bridgehead atoms. The number of hydrogen-bond donors (Lipinski definition) is 4. The van der Waals surface area contributed by atoms with E-state index in [2.05, 4.69) is 10.7 Å². The minimum atomic E-state index is -4.35. The fourth-order valence-corrected chi connectivity index (χ4v) is 5.44. The molecule has 0 heterocycles. The van der Waals surface area contributed by atoms with E-state index in [4.69, 9.17) is 5.14 Å². The number of nitrogens with two attached hydrogens (primary N) is 1. The summed E-state index contributed by atoms with van der Waals surface area (Å²) in [5, 5.41) is 20.5. The molecule has 14 heteroatoms. The summed E-state index contributed by atoms with van der Waals surface area (Å²) in [6.07, 6.45) is -0.365. The first-order chi connectivity index (χ1) is 21.7. The first-order valence-electron chi connectivity index (χ1n) is 14.7. The van der Waals surface area contributed by atoms with Crippen molar-refractivity contribution in [1.29, 1.82) is 0 Å². The second-order valence-corrected chi connectivity index (χ2v) is 12.5. The van der Waals surface area contributed by atoms with Crippen LogP contribution in [0.25, 0.3) is 0 Å². The molecule has 0 saturated heterocycles. The zero-order chi connectivity index (χ0) is 34.0. The fourth-order valence-electron chi connectivity index (χ4n) is 4.85. The standard InChI is InChI=1S/C32H39F2N5O6S/c1-4-11-39(12-5-2)32(43)24-16-23(17-27(18-24)46(35,44)45)30(41)36-28(15-21-13-25(33)19-26(34)14-21)29(40)20-38(3)37-31(42)22-9-7-6-8-10-22/h6-10,13-14,16-19,28-29,40H,4-5,11-12,15,20H2,1-3H3,(H,36,41)(H,37,42)(H2,35,44,45). The van der Waals surface area contributed by atoms with Gasteiger partial charge in [-0.2, -0.15) is 0 Å². The van der Waals surface area contributed by atoms with Crippen molar-refractivity contribution in [3.63, 3.8) is 0 Å². The molecular formula is C32H39F2N5O6S. The van der Waals surface area contributed by atoms with Gasteiger partial charge in [-0.3, -0.25) is 19.8 Å². The molecule has 46 heavy (non-hydrogen) atoms. The molecule has 0 radical (unpaired) electrons. The van der Waals surface area contributed by atoms with E-state index in [0.29, 0.717) is 37.6 Å². The number of aliphatic hydroxyl groups is 1. The Labute approximate surface area is 267 Å². The van der Waals surface area contributed by atoms with Gasteiger partial charge in [-0.1, -0.05) is 32.0 Å². The van der Waals surface area contributed by atoms with Crippen LogP contribution in [0.2, 0.25) is 0 Å². The van der Waals surface area contributed by atoms with Gasteiger partial charge in [-0.05, 0) is 67.3 Å². The third kappa shape index (κ3) is 10.4. The van der Waals surface area contributed by atoms with E-state index in [1.165, 1.54) is 23.0 Å². The lowest BCUT2D eigenvalue weighted by molar-refractivity contribution is 0.0541. The minimum Gasteiger partial charge on any atom is -0.390 e. The number of carbonyl (C=O) groups is 3. The first kappa shape index (κ1) is 36.2. The highest BCUT2D eigenvalue weighted by molar-refractivity contribution is 7.89. The second-order valence-electron chi connectivity index (χ2n) is 10.9. The quantitative estimate of drug-likeness (QED) is 0.183. The number of aliphatic hydroxyl groups excluding tert-OH is 1.